The van der Waals surface area contributed by atoms with Crippen LogP contribution in [0.15, 0.2) is 41.2 Å². The molecule has 0 bridgehead atoms. The number of morpholine rings is 1. The number of aromatic amines is 1. The topological polar surface area (TPSA) is 80.1 Å². The number of ether oxygens (including phenoxy) is 1. The van der Waals surface area contributed by atoms with Crippen LogP contribution in [0.5, 0.6) is 0 Å². The van der Waals surface area contributed by atoms with E-state index >= 15 is 0 Å². The third kappa shape index (κ3) is 2.27. The molecule has 7 nitrogen and oxygen atoms in total. The fraction of sp³-hybridized carbons (Fsp3) is 0.278. The van der Waals surface area contributed by atoms with Gasteiger partial charge in [-0.05, 0) is 19.1 Å². The quantitative estimate of drug-likeness (QED) is 0.606. The Hall–Kier alpha value is -2.93. The van der Waals surface area contributed by atoms with Gasteiger partial charge in [0.2, 0.25) is 5.58 Å². The van der Waals surface area contributed by atoms with E-state index < -0.39 is 0 Å². The van der Waals surface area contributed by atoms with Crippen molar-refractivity contribution >= 4 is 27.8 Å². The van der Waals surface area contributed by atoms with Crippen LogP contribution in [0.1, 0.15) is 6.92 Å². The van der Waals surface area contributed by atoms with Crippen LogP contribution in [0.2, 0.25) is 0 Å². The Kier molecular flexibility index (Phi) is 3.21. The molecule has 0 amide bonds. The molecule has 0 spiro atoms. The van der Waals surface area contributed by atoms with E-state index in [1.807, 2.05) is 30.5 Å². The molecule has 1 aliphatic rings. The molecule has 25 heavy (non-hydrogen) atoms. The van der Waals surface area contributed by atoms with Gasteiger partial charge >= 0.3 is 0 Å². The van der Waals surface area contributed by atoms with Crippen molar-refractivity contribution < 1.29 is 9.26 Å². The third-order valence-corrected chi connectivity index (χ3v) is 4.67. The molecule has 1 atom stereocenters. The van der Waals surface area contributed by atoms with Gasteiger partial charge in [0.05, 0.1) is 25.5 Å². The van der Waals surface area contributed by atoms with E-state index in [4.69, 9.17) is 14.2 Å². The van der Waals surface area contributed by atoms with Gasteiger partial charge in [0.15, 0.2) is 11.6 Å². The molecule has 0 unspecified atom stereocenters. The monoisotopic (exact) mass is 335 g/mol. The summed E-state index contributed by atoms with van der Waals surface area (Å²) in [4.78, 5) is 15.0. The van der Waals surface area contributed by atoms with Gasteiger partial charge in [-0.2, -0.15) is 0 Å². The predicted octanol–water partition coefficient (Wildman–Crippen LogP) is 2.99. The summed E-state index contributed by atoms with van der Waals surface area (Å²) < 4.78 is 11.0. The minimum absolute atomic E-state index is 0.216. The lowest BCUT2D eigenvalue weighted by atomic mass is 10.1. The highest BCUT2D eigenvalue weighted by molar-refractivity contribution is 5.95. The van der Waals surface area contributed by atoms with Crippen LogP contribution in [-0.2, 0) is 4.74 Å². The summed E-state index contributed by atoms with van der Waals surface area (Å²) in [6.45, 7) is 4.23. The van der Waals surface area contributed by atoms with Crippen LogP contribution in [0.25, 0.3) is 33.4 Å². The van der Waals surface area contributed by atoms with E-state index in [0.29, 0.717) is 30.1 Å². The van der Waals surface area contributed by atoms with Crippen LogP contribution in [0.4, 0.5) is 5.82 Å². The SMILES string of the molecule is C[C@@H]1COCCN1c1nc(-c2cccc3[nH]ccc23)nc2cnoc12. The molecule has 4 aromatic rings. The van der Waals surface area contributed by atoms with Gasteiger partial charge in [-0.15, -0.1) is 0 Å². The summed E-state index contributed by atoms with van der Waals surface area (Å²) in [5.41, 5.74) is 3.39. The van der Waals surface area contributed by atoms with Gasteiger partial charge in [0.25, 0.3) is 0 Å². The average Bonchev–Trinajstić information content (AvgIpc) is 3.30. The average molecular weight is 335 g/mol. The van der Waals surface area contributed by atoms with E-state index in [9.17, 15) is 0 Å². The predicted molar refractivity (Wildman–Crippen MR) is 94.5 cm³/mol. The molecule has 7 heteroatoms. The van der Waals surface area contributed by atoms with Crippen LogP contribution in [0.3, 0.4) is 0 Å². The molecule has 0 saturated carbocycles. The normalized spacial score (nSPS) is 18.3. The summed E-state index contributed by atoms with van der Waals surface area (Å²) in [5.74, 6) is 1.45. The first-order chi connectivity index (χ1) is 12.3. The molecule has 0 aliphatic carbocycles. The van der Waals surface area contributed by atoms with Gasteiger partial charge < -0.3 is 19.1 Å². The molecule has 1 fully saturated rings. The maximum atomic E-state index is 5.55. The lowest BCUT2D eigenvalue weighted by Crippen LogP contribution is -2.44. The second-order valence-corrected chi connectivity index (χ2v) is 6.27. The first-order valence-corrected chi connectivity index (χ1v) is 8.34. The maximum Gasteiger partial charge on any atom is 0.227 e. The number of benzene rings is 1. The highest BCUT2D eigenvalue weighted by atomic mass is 16.5. The summed E-state index contributed by atoms with van der Waals surface area (Å²) >= 11 is 0. The molecular weight excluding hydrogens is 318 g/mol. The minimum Gasteiger partial charge on any atom is -0.377 e. The molecule has 5 rings (SSSR count). The van der Waals surface area contributed by atoms with Crippen LogP contribution in [0, 0.1) is 0 Å². The van der Waals surface area contributed by atoms with Crippen LogP contribution < -0.4 is 4.90 Å². The number of rotatable bonds is 2. The number of H-pyrrole nitrogens is 1. The first kappa shape index (κ1) is 14.4. The van der Waals surface area contributed by atoms with Crippen molar-refractivity contribution in [1.29, 1.82) is 0 Å². The minimum atomic E-state index is 0.216. The Balaban J connectivity index is 1.73. The summed E-state index contributed by atoms with van der Waals surface area (Å²) in [6.07, 6.45) is 3.57. The van der Waals surface area contributed by atoms with E-state index in [1.165, 1.54) is 0 Å². The van der Waals surface area contributed by atoms with E-state index in [1.54, 1.807) is 6.20 Å². The van der Waals surface area contributed by atoms with Gasteiger partial charge in [0, 0.05) is 29.2 Å². The molecule has 3 aromatic heterocycles. The van der Waals surface area contributed by atoms with Gasteiger partial charge in [-0.25, -0.2) is 9.97 Å². The Labute approximate surface area is 143 Å². The highest BCUT2D eigenvalue weighted by Gasteiger charge is 2.25. The standard InChI is InChI=1S/C18H17N5O2/c1-11-10-24-8-7-23(11)18-16-15(9-20-25-16)21-17(22-18)13-3-2-4-14-12(13)5-6-19-14/h2-6,9,11,19H,7-8,10H2,1H3/t11-/m1/s1. The van der Waals surface area contributed by atoms with Gasteiger partial charge in [-0.1, -0.05) is 17.3 Å². The Morgan fingerprint density at radius 1 is 1.24 bits per heavy atom. The fourth-order valence-electron chi connectivity index (χ4n) is 3.40. The van der Waals surface area contributed by atoms with E-state index in [-0.39, 0.29) is 6.04 Å². The summed E-state index contributed by atoms with van der Waals surface area (Å²) in [5, 5.41) is 5.02. The number of aromatic nitrogens is 4. The van der Waals surface area contributed by atoms with Crippen molar-refractivity contribution in [3.05, 3.63) is 36.7 Å². The zero-order valence-corrected chi connectivity index (χ0v) is 13.8. The van der Waals surface area contributed by atoms with E-state index in [2.05, 4.69) is 26.9 Å². The van der Waals surface area contributed by atoms with Crippen LogP contribution in [-0.4, -0.2) is 45.9 Å². The number of nitrogens with zero attached hydrogens (tertiary/aromatic N) is 4. The van der Waals surface area contributed by atoms with Crippen LogP contribution >= 0.6 is 0 Å². The van der Waals surface area contributed by atoms with Crippen molar-refractivity contribution in [3.8, 4) is 11.4 Å². The zero-order chi connectivity index (χ0) is 16.8. The molecule has 0 radical (unpaired) electrons. The summed E-state index contributed by atoms with van der Waals surface area (Å²) in [7, 11) is 0. The lowest BCUT2D eigenvalue weighted by Gasteiger charge is -2.34. The number of hydrogen-bond acceptors (Lipinski definition) is 6. The molecule has 4 heterocycles. The Morgan fingerprint density at radius 3 is 3.12 bits per heavy atom. The third-order valence-electron chi connectivity index (χ3n) is 4.67. The highest BCUT2D eigenvalue weighted by Crippen LogP contribution is 2.32. The molecule has 126 valence electrons. The molecule has 1 N–H and O–H groups in total. The largest absolute Gasteiger partial charge is 0.377 e. The van der Waals surface area contributed by atoms with Crippen molar-refractivity contribution in [2.45, 2.75) is 13.0 Å². The summed E-state index contributed by atoms with van der Waals surface area (Å²) in [6, 6.07) is 8.35. The number of anilines is 1. The molecule has 1 saturated heterocycles. The maximum absolute atomic E-state index is 5.55. The number of fused-ring (bicyclic) bond motifs is 2. The number of hydrogen-bond donors (Lipinski definition) is 1. The van der Waals surface area contributed by atoms with Crippen molar-refractivity contribution in [1.82, 2.24) is 20.1 Å². The molecule has 1 aromatic carbocycles. The first-order valence-electron chi connectivity index (χ1n) is 8.34. The Morgan fingerprint density at radius 2 is 2.20 bits per heavy atom. The Bertz CT molecular complexity index is 1050. The molecule has 1 aliphatic heterocycles. The van der Waals surface area contributed by atoms with Crippen molar-refractivity contribution in [2.24, 2.45) is 0 Å². The fourth-order valence-corrected chi connectivity index (χ4v) is 3.40. The zero-order valence-electron chi connectivity index (χ0n) is 13.8. The van der Waals surface area contributed by atoms with Gasteiger partial charge in [-0.3, -0.25) is 0 Å². The molecular formula is C18H17N5O2. The lowest BCUT2D eigenvalue weighted by molar-refractivity contribution is 0.0985. The van der Waals surface area contributed by atoms with Crippen molar-refractivity contribution in [3.63, 3.8) is 0 Å². The smallest absolute Gasteiger partial charge is 0.227 e. The number of nitrogens with one attached hydrogen (secondary N) is 1. The second-order valence-electron chi connectivity index (χ2n) is 6.27. The second kappa shape index (κ2) is 5.56. The van der Waals surface area contributed by atoms with Gasteiger partial charge in [0.1, 0.15) is 5.52 Å². The van der Waals surface area contributed by atoms with E-state index in [0.717, 1.165) is 28.8 Å². The van der Waals surface area contributed by atoms with Crippen molar-refractivity contribution in [2.75, 3.05) is 24.7 Å².